The van der Waals surface area contributed by atoms with Crippen molar-refractivity contribution in [2.45, 2.75) is 65.0 Å². The molecule has 1 aliphatic heterocycles. The summed E-state index contributed by atoms with van der Waals surface area (Å²) >= 11 is 1.81. The Kier molecular flexibility index (Phi) is 7.16. The summed E-state index contributed by atoms with van der Waals surface area (Å²) in [5, 5.41) is 6.48. The van der Waals surface area contributed by atoms with Gasteiger partial charge in [-0.05, 0) is 37.0 Å². The molecule has 2 rings (SSSR count). The van der Waals surface area contributed by atoms with Crippen LogP contribution in [0.5, 0.6) is 0 Å². The molecule has 1 amide bonds. The Morgan fingerprint density at radius 3 is 2.45 bits per heavy atom. The van der Waals surface area contributed by atoms with Crippen molar-refractivity contribution >= 4 is 30.1 Å². The Balaban J connectivity index is 0.00000200. The molecule has 1 saturated carbocycles. The molecule has 0 bridgehead atoms. The maximum atomic E-state index is 12.1. The van der Waals surface area contributed by atoms with E-state index >= 15 is 0 Å². The summed E-state index contributed by atoms with van der Waals surface area (Å²) < 4.78 is 0. The molecule has 0 aromatic rings. The van der Waals surface area contributed by atoms with Crippen LogP contribution in [0, 0.1) is 11.3 Å². The molecule has 0 spiro atoms. The fraction of sp³-hybridized carbons (Fsp3) is 0.933. The number of hydrogen-bond donors (Lipinski definition) is 2. The first-order chi connectivity index (χ1) is 9.03. The second-order valence-corrected chi connectivity index (χ2v) is 7.70. The molecule has 118 valence electrons. The lowest BCUT2D eigenvalue weighted by atomic mass is 9.69. The van der Waals surface area contributed by atoms with Gasteiger partial charge in [0.2, 0.25) is 5.91 Å². The molecule has 5 heteroatoms. The molecular formula is C15H29ClN2OS. The first-order valence-corrected chi connectivity index (χ1v) is 8.80. The monoisotopic (exact) mass is 320 g/mol. The first kappa shape index (κ1) is 18.1. The van der Waals surface area contributed by atoms with Crippen LogP contribution < -0.4 is 10.6 Å². The Morgan fingerprint density at radius 1 is 1.30 bits per heavy atom. The first-order valence-electron chi connectivity index (χ1n) is 7.64. The largest absolute Gasteiger partial charge is 0.352 e. The molecule has 1 saturated heterocycles. The summed E-state index contributed by atoms with van der Waals surface area (Å²) in [4.78, 5) is 12.1. The molecular weight excluding hydrogens is 292 g/mol. The summed E-state index contributed by atoms with van der Waals surface area (Å²) in [5.74, 6) is 2.87. The van der Waals surface area contributed by atoms with Crippen LogP contribution in [0.25, 0.3) is 0 Å². The van der Waals surface area contributed by atoms with Crippen molar-refractivity contribution in [1.82, 2.24) is 10.6 Å². The fourth-order valence-electron chi connectivity index (χ4n) is 3.17. The number of thioether (sulfide) groups is 1. The van der Waals surface area contributed by atoms with Crippen molar-refractivity contribution in [1.29, 1.82) is 0 Å². The smallest absolute Gasteiger partial charge is 0.238 e. The fourth-order valence-corrected chi connectivity index (χ4v) is 4.12. The van der Waals surface area contributed by atoms with E-state index in [4.69, 9.17) is 0 Å². The molecule has 0 aromatic carbocycles. The van der Waals surface area contributed by atoms with Gasteiger partial charge < -0.3 is 5.32 Å². The lowest BCUT2D eigenvalue weighted by Gasteiger charge is -2.39. The van der Waals surface area contributed by atoms with Crippen LogP contribution in [0.1, 0.15) is 52.9 Å². The summed E-state index contributed by atoms with van der Waals surface area (Å²) in [6.45, 7) is 7.06. The van der Waals surface area contributed by atoms with E-state index in [2.05, 4.69) is 31.4 Å². The molecule has 3 nitrogen and oxygen atoms in total. The maximum Gasteiger partial charge on any atom is 0.238 e. The number of amides is 1. The number of carbonyl (C=O) groups is 1. The number of rotatable bonds is 4. The van der Waals surface area contributed by atoms with Gasteiger partial charge in [-0.2, -0.15) is 0 Å². The van der Waals surface area contributed by atoms with E-state index in [9.17, 15) is 4.79 Å². The van der Waals surface area contributed by atoms with Crippen molar-refractivity contribution in [2.24, 2.45) is 11.3 Å². The van der Waals surface area contributed by atoms with Gasteiger partial charge in [0.15, 0.2) is 0 Å². The topological polar surface area (TPSA) is 41.1 Å². The highest BCUT2D eigenvalue weighted by atomic mass is 35.5. The minimum absolute atomic E-state index is 0. The molecule has 2 aliphatic rings. The van der Waals surface area contributed by atoms with Gasteiger partial charge in [-0.3, -0.25) is 10.1 Å². The third kappa shape index (κ3) is 4.54. The van der Waals surface area contributed by atoms with Crippen molar-refractivity contribution in [3.8, 4) is 0 Å². The van der Waals surface area contributed by atoms with Crippen LogP contribution in [0.15, 0.2) is 0 Å². The highest BCUT2D eigenvalue weighted by Gasteiger charge is 2.33. The Hall–Kier alpha value is 0.0700. The van der Waals surface area contributed by atoms with Gasteiger partial charge in [-0.15, -0.1) is 24.2 Å². The predicted octanol–water partition coefficient (Wildman–Crippen LogP) is 3.18. The van der Waals surface area contributed by atoms with Gasteiger partial charge in [-0.1, -0.05) is 27.2 Å². The molecule has 0 aromatic heterocycles. The van der Waals surface area contributed by atoms with E-state index in [1.807, 2.05) is 11.8 Å². The molecule has 1 aliphatic carbocycles. The molecule has 1 atom stereocenters. The molecule has 2 N–H and O–H groups in total. The predicted molar refractivity (Wildman–Crippen MR) is 89.5 cm³/mol. The maximum absolute atomic E-state index is 12.1. The number of halogens is 1. The lowest BCUT2D eigenvalue weighted by Crippen LogP contribution is -2.47. The third-order valence-electron chi connectivity index (χ3n) is 5.12. The van der Waals surface area contributed by atoms with E-state index in [0.29, 0.717) is 11.5 Å². The normalized spacial score (nSPS) is 30.6. The summed E-state index contributed by atoms with van der Waals surface area (Å²) in [7, 11) is 0. The average Bonchev–Trinajstić information content (AvgIpc) is 2.93. The highest BCUT2D eigenvalue weighted by molar-refractivity contribution is 7.99. The van der Waals surface area contributed by atoms with Gasteiger partial charge in [0.1, 0.15) is 0 Å². The quantitative estimate of drug-likeness (QED) is 0.836. The zero-order valence-corrected chi connectivity index (χ0v) is 14.5. The van der Waals surface area contributed by atoms with Gasteiger partial charge >= 0.3 is 0 Å². The van der Waals surface area contributed by atoms with Crippen LogP contribution in [0.2, 0.25) is 0 Å². The number of nitrogens with one attached hydrogen (secondary N) is 2. The van der Waals surface area contributed by atoms with Crippen molar-refractivity contribution in [3.63, 3.8) is 0 Å². The second kappa shape index (κ2) is 7.90. The van der Waals surface area contributed by atoms with E-state index < -0.39 is 0 Å². The zero-order chi connectivity index (χ0) is 13.9. The minimum atomic E-state index is 0. The average molecular weight is 321 g/mol. The molecule has 1 heterocycles. The van der Waals surface area contributed by atoms with Gasteiger partial charge in [0.25, 0.3) is 0 Å². The van der Waals surface area contributed by atoms with Gasteiger partial charge in [0, 0.05) is 17.7 Å². The van der Waals surface area contributed by atoms with Crippen molar-refractivity contribution in [3.05, 3.63) is 0 Å². The molecule has 0 radical (unpaired) electrons. The van der Waals surface area contributed by atoms with E-state index in [1.165, 1.54) is 19.3 Å². The van der Waals surface area contributed by atoms with Crippen molar-refractivity contribution < 1.29 is 4.79 Å². The zero-order valence-electron chi connectivity index (χ0n) is 12.9. The Morgan fingerprint density at radius 2 is 1.95 bits per heavy atom. The molecule has 20 heavy (non-hydrogen) atoms. The van der Waals surface area contributed by atoms with Crippen LogP contribution in [-0.4, -0.2) is 29.6 Å². The molecule has 1 unspecified atom stereocenters. The van der Waals surface area contributed by atoms with E-state index in [-0.39, 0.29) is 24.4 Å². The van der Waals surface area contributed by atoms with Crippen molar-refractivity contribution in [2.75, 3.05) is 11.6 Å². The van der Waals surface area contributed by atoms with Gasteiger partial charge in [0.05, 0.1) is 6.04 Å². The Bertz CT molecular complexity index is 311. The SMILES string of the molecule is CCC(C)(C)C1CCC(NC(=O)C2CSCN2)CC1.Cl. The van der Waals surface area contributed by atoms with Crippen LogP contribution >= 0.6 is 24.2 Å². The lowest BCUT2D eigenvalue weighted by molar-refractivity contribution is -0.123. The van der Waals surface area contributed by atoms with Crippen LogP contribution in [0.4, 0.5) is 0 Å². The van der Waals surface area contributed by atoms with Gasteiger partial charge in [-0.25, -0.2) is 0 Å². The summed E-state index contributed by atoms with van der Waals surface area (Å²) in [5.41, 5.74) is 0.457. The van der Waals surface area contributed by atoms with E-state index in [1.54, 1.807) is 0 Å². The van der Waals surface area contributed by atoms with Crippen LogP contribution in [0.3, 0.4) is 0 Å². The Labute approximate surface area is 133 Å². The van der Waals surface area contributed by atoms with E-state index in [0.717, 1.165) is 30.4 Å². The second-order valence-electron chi connectivity index (χ2n) is 6.67. The summed E-state index contributed by atoms with van der Waals surface area (Å²) in [6, 6.07) is 0.443. The standard InChI is InChI=1S/C15H28N2OS.ClH/c1-4-15(2,3)11-5-7-12(8-6-11)17-14(18)13-9-19-10-16-13;/h11-13,16H,4-10H2,1-3H3,(H,17,18);1H. The summed E-state index contributed by atoms with van der Waals surface area (Å²) in [6.07, 6.45) is 6.08. The number of hydrogen-bond acceptors (Lipinski definition) is 3. The highest BCUT2D eigenvalue weighted by Crippen LogP contribution is 2.40. The van der Waals surface area contributed by atoms with Crippen LogP contribution in [-0.2, 0) is 4.79 Å². The molecule has 2 fully saturated rings. The minimum Gasteiger partial charge on any atom is -0.352 e. The number of carbonyl (C=O) groups excluding carboxylic acids is 1. The third-order valence-corrected chi connectivity index (χ3v) is 6.06.